The van der Waals surface area contributed by atoms with E-state index in [4.69, 9.17) is 4.74 Å². The molecule has 0 spiro atoms. The largest absolute Gasteiger partial charge is 0.493 e. The minimum atomic E-state index is -0.393. The summed E-state index contributed by atoms with van der Waals surface area (Å²) in [5, 5.41) is 2.79. The molecule has 2 heterocycles. The standard InChI is InChI=1S/C17H18N2O3/c1-10-8-11(2)18-16(20)15(10)17(21)19-13-5-6-14-12(9-13)4-3-7-22-14/h5-6,8-9H,3-4,7H2,1-2H3,(H,18,20)(H,19,21). The van der Waals surface area contributed by atoms with Crippen molar-refractivity contribution in [3.05, 3.63) is 57.0 Å². The van der Waals surface area contributed by atoms with Crippen molar-refractivity contribution >= 4 is 11.6 Å². The van der Waals surface area contributed by atoms with E-state index in [1.165, 1.54) is 0 Å². The van der Waals surface area contributed by atoms with E-state index in [-0.39, 0.29) is 11.1 Å². The number of amides is 1. The van der Waals surface area contributed by atoms with Crippen LogP contribution in [0.1, 0.15) is 33.6 Å². The molecule has 0 fully saturated rings. The molecule has 5 nitrogen and oxygen atoms in total. The van der Waals surface area contributed by atoms with E-state index >= 15 is 0 Å². The number of carbonyl (C=O) groups excluding carboxylic acids is 1. The molecule has 5 heteroatoms. The number of anilines is 1. The van der Waals surface area contributed by atoms with Crippen molar-refractivity contribution in [2.24, 2.45) is 0 Å². The lowest BCUT2D eigenvalue weighted by Gasteiger charge is -2.18. The molecule has 2 N–H and O–H groups in total. The van der Waals surface area contributed by atoms with Crippen LogP contribution >= 0.6 is 0 Å². The van der Waals surface area contributed by atoms with Gasteiger partial charge in [0, 0.05) is 11.4 Å². The van der Waals surface area contributed by atoms with Gasteiger partial charge in [-0.3, -0.25) is 9.59 Å². The highest BCUT2D eigenvalue weighted by Gasteiger charge is 2.16. The van der Waals surface area contributed by atoms with Gasteiger partial charge in [0.25, 0.3) is 11.5 Å². The Hall–Kier alpha value is -2.56. The third kappa shape index (κ3) is 2.74. The maximum Gasteiger partial charge on any atom is 0.261 e. The first-order valence-corrected chi connectivity index (χ1v) is 7.32. The number of fused-ring (bicyclic) bond motifs is 1. The number of carbonyl (C=O) groups is 1. The molecule has 1 aliphatic heterocycles. The van der Waals surface area contributed by atoms with E-state index in [9.17, 15) is 9.59 Å². The molecule has 0 saturated heterocycles. The molecule has 114 valence electrons. The van der Waals surface area contributed by atoms with E-state index in [0.29, 0.717) is 11.3 Å². The second kappa shape index (κ2) is 5.67. The van der Waals surface area contributed by atoms with Gasteiger partial charge in [0.05, 0.1) is 6.61 Å². The second-order valence-electron chi connectivity index (χ2n) is 5.57. The van der Waals surface area contributed by atoms with Crippen molar-refractivity contribution < 1.29 is 9.53 Å². The molecule has 1 aromatic heterocycles. The third-order valence-corrected chi connectivity index (χ3v) is 3.76. The van der Waals surface area contributed by atoms with Crippen molar-refractivity contribution in [2.45, 2.75) is 26.7 Å². The lowest BCUT2D eigenvalue weighted by Crippen LogP contribution is -2.25. The van der Waals surface area contributed by atoms with E-state index in [1.807, 2.05) is 12.1 Å². The molecule has 22 heavy (non-hydrogen) atoms. The Labute approximate surface area is 128 Å². The number of ether oxygens (including phenoxy) is 1. The van der Waals surface area contributed by atoms with E-state index in [2.05, 4.69) is 10.3 Å². The van der Waals surface area contributed by atoms with Gasteiger partial charge in [0.2, 0.25) is 0 Å². The van der Waals surface area contributed by atoms with E-state index in [0.717, 1.165) is 36.5 Å². The monoisotopic (exact) mass is 298 g/mol. The zero-order chi connectivity index (χ0) is 15.7. The van der Waals surface area contributed by atoms with Crippen molar-refractivity contribution in [3.63, 3.8) is 0 Å². The maximum atomic E-state index is 12.4. The van der Waals surface area contributed by atoms with Crippen LogP contribution in [0.5, 0.6) is 5.75 Å². The Morgan fingerprint density at radius 2 is 2.09 bits per heavy atom. The number of aromatic amines is 1. The van der Waals surface area contributed by atoms with Crippen molar-refractivity contribution in [3.8, 4) is 5.75 Å². The Morgan fingerprint density at radius 3 is 2.86 bits per heavy atom. The van der Waals surface area contributed by atoms with Crippen LogP contribution in [0.3, 0.4) is 0 Å². The molecule has 0 unspecified atom stereocenters. The Bertz CT molecular complexity index is 793. The fourth-order valence-corrected chi connectivity index (χ4v) is 2.77. The average molecular weight is 298 g/mol. The van der Waals surface area contributed by atoms with Crippen LogP contribution in [-0.4, -0.2) is 17.5 Å². The lowest BCUT2D eigenvalue weighted by molar-refractivity contribution is 0.102. The van der Waals surface area contributed by atoms with Gasteiger partial charge in [-0.05, 0) is 62.1 Å². The molecule has 0 atom stereocenters. The topological polar surface area (TPSA) is 71.2 Å². The van der Waals surface area contributed by atoms with Crippen molar-refractivity contribution in [2.75, 3.05) is 11.9 Å². The molecule has 2 aromatic rings. The summed E-state index contributed by atoms with van der Waals surface area (Å²) in [7, 11) is 0. The summed E-state index contributed by atoms with van der Waals surface area (Å²) >= 11 is 0. The van der Waals surface area contributed by atoms with Crippen LogP contribution in [0.2, 0.25) is 0 Å². The third-order valence-electron chi connectivity index (χ3n) is 3.76. The average Bonchev–Trinajstić information content (AvgIpc) is 2.46. The van der Waals surface area contributed by atoms with Crippen LogP contribution in [0.25, 0.3) is 0 Å². The van der Waals surface area contributed by atoms with Crippen LogP contribution in [0.4, 0.5) is 5.69 Å². The number of rotatable bonds is 2. The van der Waals surface area contributed by atoms with Crippen LogP contribution < -0.4 is 15.6 Å². The molecule has 1 aliphatic rings. The number of hydrogen-bond acceptors (Lipinski definition) is 3. The van der Waals surface area contributed by atoms with Gasteiger partial charge in [-0.2, -0.15) is 0 Å². The summed E-state index contributed by atoms with van der Waals surface area (Å²) in [5.41, 5.74) is 2.95. The van der Waals surface area contributed by atoms with Gasteiger partial charge in [-0.25, -0.2) is 0 Å². The number of nitrogens with one attached hydrogen (secondary N) is 2. The van der Waals surface area contributed by atoms with E-state index in [1.54, 1.807) is 26.0 Å². The van der Waals surface area contributed by atoms with Crippen LogP contribution in [-0.2, 0) is 6.42 Å². The number of aryl methyl sites for hydroxylation is 3. The quantitative estimate of drug-likeness (QED) is 0.895. The minimum Gasteiger partial charge on any atom is -0.493 e. The Balaban J connectivity index is 1.87. The molecular weight excluding hydrogens is 280 g/mol. The first-order valence-electron chi connectivity index (χ1n) is 7.32. The molecule has 0 aliphatic carbocycles. The highest BCUT2D eigenvalue weighted by atomic mass is 16.5. The fourth-order valence-electron chi connectivity index (χ4n) is 2.77. The van der Waals surface area contributed by atoms with Gasteiger partial charge in [0.15, 0.2) is 0 Å². The van der Waals surface area contributed by atoms with Gasteiger partial charge in [-0.1, -0.05) is 0 Å². The first-order chi connectivity index (χ1) is 10.5. The van der Waals surface area contributed by atoms with Gasteiger partial charge >= 0.3 is 0 Å². The van der Waals surface area contributed by atoms with Crippen molar-refractivity contribution in [1.29, 1.82) is 0 Å². The van der Waals surface area contributed by atoms with E-state index < -0.39 is 5.91 Å². The summed E-state index contributed by atoms with van der Waals surface area (Å²) < 4.78 is 5.55. The second-order valence-corrected chi connectivity index (χ2v) is 5.57. The molecule has 0 bridgehead atoms. The number of pyridine rings is 1. The Morgan fingerprint density at radius 1 is 1.27 bits per heavy atom. The molecular formula is C17H18N2O3. The predicted molar refractivity (Wildman–Crippen MR) is 84.7 cm³/mol. The summed E-state index contributed by atoms with van der Waals surface area (Å²) in [4.78, 5) is 27.0. The lowest BCUT2D eigenvalue weighted by atomic mass is 10.1. The first kappa shape index (κ1) is 14.4. The smallest absolute Gasteiger partial charge is 0.261 e. The summed E-state index contributed by atoms with van der Waals surface area (Å²) in [6.07, 6.45) is 1.91. The summed E-state index contributed by atoms with van der Waals surface area (Å²) in [6.45, 7) is 4.29. The number of hydrogen-bond donors (Lipinski definition) is 2. The zero-order valence-corrected chi connectivity index (χ0v) is 12.7. The SMILES string of the molecule is Cc1cc(C)c(C(=O)Nc2ccc3c(c2)CCCO3)c(=O)[nH]1. The van der Waals surface area contributed by atoms with Crippen LogP contribution in [0.15, 0.2) is 29.1 Å². The highest BCUT2D eigenvalue weighted by Crippen LogP contribution is 2.27. The van der Waals surface area contributed by atoms with Gasteiger partial charge in [0.1, 0.15) is 11.3 Å². The van der Waals surface area contributed by atoms with Gasteiger partial charge in [-0.15, -0.1) is 0 Å². The summed E-state index contributed by atoms with van der Waals surface area (Å²) in [5.74, 6) is 0.476. The predicted octanol–water partition coefficient (Wildman–Crippen LogP) is 2.57. The molecule has 1 amide bonds. The molecule has 0 radical (unpaired) electrons. The zero-order valence-electron chi connectivity index (χ0n) is 12.7. The number of benzene rings is 1. The van der Waals surface area contributed by atoms with Crippen LogP contribution in [0, 0.1) is 13.8 Å². The highest BCUT2D eigenvalue weighted by molar-refractivity contribution is 6.05. The minimum absolute atomic E-state index is 0.152. The van der Waals surface area contributed by atoms with Crippen molar-refractivity contribution in [1.82, 2.24) is 4.98 Å². The number of aromatic nitrogens is 1. The molecule has 1 aromatic carbocycles. The normalized spacial score (nSPS) is 13.2. The molecule has 3 rings (SSSR count). The van der Waals surface area contributed by atoms with Gasteiger partial charge < -0.3 is 15.0 Å². The fraction of sp³-hybridized carbons (Fsp3) is 0.294. The maximum absolute atomic E-state index is 12.4. The summed E-state index contributed by atoms with van der Waals surface area (Å²) in [6, 6.07) is 7.34. The molecule has 0 saturated carbocycles. The number of H-pyrrole nitrogens is 1. The Kier molecular flexibility index (Phi) is 3.71.